The third-order valence-corrected chi connectivity index (χ3v) is 7.36. The van der Waals surface area contributed by atoms with Crippen molar-refractivity contribution in [1.82, 2.24) is 10.2 Å². The second-order valence-electron chi connectivity index (χ2n) is 10.4. The predicted octanol–water partition coefficient (Wildman–Crippen LogP) is 4.31. The predicted molar refractivity (Wildman–Crippen MR) is 157 cm³/mol. The van der Waals surface area contributed by atoms with E-state index in [0.29, 0.717) is 31.9 Å². The van der Waals surface area contributed by atoms with Crippen LogP contribution in [0.25, 0.3) is 0 Å². The lowest BCUT2D eigenvalue weighted by molar-refractivity contribution is -0.142. The maximum absolute atomic E-state index is 14.6. The molecule has 1 fully saturated rings. The first-order valence-electron chi connectivity index (χ1n) is 13.9. The van der Waals surface area contributed by atoms with Gasteiger partial charge in [0, 0.05) is 6.54 Å². The molecule has 0 bridgehead atoms. The summed E-state index contributed by atoms with van der Waals surface area (Å²) < 4.78 is 5.91. The Morgan fingerprint density at radius 2 is 1.50 bits per heavy atom. The first-order chi connectivity index (χ1) is 19.3. The van der Waals surface area contributed by atoms with E-state index in [4.69, 9.17) is 21.6 Å². The molecule has 2 amide bonds. The van der Waals surface area contributed by atoms with Crippen molar-refractivity contribution < 1.29 is 14.3 Å². The van der Waals surface area contributed by atoms with E-state index < -0.39 is 23.9 Å². The number of amides is 2. The number of ether oxygens (including phenoxy) is 1. The second kappa shape index (κ2) is 13.6. The molecule has 210 valence electrons. The summed E-state index contributed by atoms with van der Waals surface area (Å²) in [6.07, 6.45) is 3.25. The van der Waals surface area contributed by atoms with Crippen LogP contribution >= 0.6 is 0 Å². The van der Waals surface area contributed by atoms with Gasteiger partial charge < -0.3 is 26.4 Å². The molecule has 0 unspecified atom stereocenters. The lowest BCUT2D eigenvalue weighted by Gasteiger charge is -2.38. The molecule has 3 aromatic rings. The number of nitrogens with zero attached hydrogens (tertiary/aromatic N) is 1. The minimum absolute atomic E-state index is 0.144. The van der Waals surface area contributed by atoms with Crippen LogP contribution in [0, 0.1) is 11.3 Å². The molecule has 8 nitrogen and oxygen atoms in total. The molecule has 3 aromatic carbocycles. The van der Waals surface area contributed by atoms with Crippen molar-refractivity contribution in [1.29, 1.82) is 5.41 Å². The summed E-state index contributed by atoms with van der Waals surface area (Å²) in [6.45, 7) is 3.03. The van der Waals surface area contributed by atoms with E-state index in [1.807, 2.05) is 91.9 Å². The highest BCUT2D eigenvalue weighted by atomic mass is 16.5. The molecule has 0 radical (unpaired) electrons. The molecule has 0 saturated heterocycles. The molecule has 8 heteroatoms. The van der Waals surface area contributed by atoms with Gasteiger partial charge in [0.15, 0.2) is 5.96 Å². The lowest BCUT2D eigenvalue weighted by atomic mass is 9.88. The Hall–Kier alpha value is -4.33. The third kappa shape index (κ3) is 7.62. The molecular weight excluding hydrogens is 502 g/mol. The number of carbonyl (C=O) groups is 2. The van der Waals surface area contributed by atoms with Gasteiger partial charge in [-0.1, -0.05) is 72.8 Å². The van der Waals surface area contributed by atoms with Crippen LogP contribution < -0.4 is 21.5 Å². The van der Waals surface area contributed by atoms with E-state index in [-0.39, 0.29) is 11.9 Å². The van der Waals surface area contributed by atoms with Crippen molar-refractivity contribution in [2.45, 2.75) is 50.6 Å². The molecule has 1 aliphatic carbocycles. The zero-order valence-electron chi connectivity index (χ0n) is 23.0. The second-order valence-corrected chi connectivity index (χ2v) is 10.4. The van der Waals surface area contributed by atoms with E-state index in [9.17, 15) is 9.59 Å². The van der Waals surface area contributed by atoms with Crippen LogP contribution in [0.1, 0.15) is 61.3 Å². The van der Waals surface area contributed by atoms with Gasteiger partial charge in [0.2, 0.25) is 11.8 Å². The quantitative estimate of drug-likeness (QED) is 0.137. The monoisotopic (exact) mass is 541 g/mol. The molecule has 0 heterocycles. The minimum Gasteiger partial charge on any atom is -0.493 e. The number of primary amides is 1. The van der Waals surface area contributed by atoms with Crippen molar-refractivity contribution in [3.8, 4) is 5.75 Å². The van der Waals surface area contributed by atoms with Gasteiger partial charge in [-0.3, -0.25) is 15.0 Å². The average Bonchev–Trinajstić information content (AvgIpc) is 3.79. The Kier molecular flexibility index (Phi) is 9.78. The van der Waals surface area contributed by atoms with Gasteiger partial charge in [-0.05, 0) is 67.3 Å². The Morgan fingerprint density at radius 1 is 0.925 bits per heavy atom. The molecular formula is C32H39N5O3. The third-order valence-electron chi connectivity index (χ3n) is 7.36. The number of hydrogen-bond acceptors (Lipinski definition) is 4. The summed E-state index contributed by atoms with van der Waals surface area (Å²) in [7, 11) is 0. The molecule has 6 N–H and O–H groups in total. The summed E-state index contributed by atoms with van der Waals surface area (Å²) in [4.78, 5) is 29.2. The van der Waals surface area contributed by atoms with Gasteiger partial charge in [0.25, 0.3) is 0 Å². The smallest absolute Gasteiger partial charge is 0.240 e. The number of nitrogens with one attached hydrogen (secondary N) is 2. The number of hydrogen-bond donors (Lipinski definition) is 4. The zero-order valence-corrected chi connectivity index (χ0v) is 23.0. The summed E-state index contributed by atoms with van der Waals surface area (Å²) in [5, 5.41) is 10.2. The van der Waals surface area contributed by atoms with E-state index in [1.165, 1.54) is 12.8 Å². The Labute approximate surface area is 236 Å². The van der Waals surface area contributed by atoms with Gasteiger partial charge in [0.1, 0.15) is 11.8 Å². The molecule has 0 spiro atoms. The van der Waals surface area contributed by atoms with E-state index in [0.717, 1.165) is 22.4 Å². The van der Waals surface area contributed by atoms with Crippen molar-refractivity contribution in [3.63, 3.8) is 0 Å². The number of nitrogens with two attached hydrogens (primary N) is 2. The van der Waals surface area contributed by atoms with Crippen LogP contribution in [0.15, 0.2) is 84.9 Å². The molecule has 1 aliphatic rings. The van der Waals surface area contributed by atoms with Crippen molar-refractivity contribution >= 4 is 17.8 Å². The summed E-state index contributed by atoms with van der Waals surface area (Å²) >= 11 is 0. The molecule has 40 heavy (non-hydrogen) atoms. The highest BCUT2D eigenvalue weighted by molar-refractivity contribution is 5.92. The molecule has 1 saturated carbocycles. The number of carbonyl (C=O) groups excluding carboxylic acids is 2. The Balaban J connectivity index is 1.68. The van der Waals surface area contributed by atoms with Crippen molar-refractivity contribution in [2.24, 2.45) is 17.4 Å². The first-order valence-corrected chi connectivity index (χ1v) is 13.9. The topological polar surface area (TPSA) is 135 Å². The van der Waals surface area contributed by atoms with E-state index in [2.05, 4.69) is 5.32 Å². The fourth-order valence-corrected chi connectivity index (χ4v) is 4.97. The van der Waals surface area contributed by atoms with Crippen LogP contribution in [-0.2, 0) is 9.59 Å². The van der Waals surface area contributed by atoms with Gasteiger partial charge in [0.05, 0.1) is 18.6 Å². The van der Waals surface area contributed by atoms with Crippen LogP contribution in [0.2, 0.25) is 0 Å². The SMILES string of the molecule is C[C@H](c1ccc(OCC2CC2)cc1)N(C(=O)C(c1ccccc1)c1ccccc1)[C@H](CCCNC(=N)N)C(N)=O. The van der Waals surface area contributed by atoms with Gasteiger partial charge in [-0.25, -0.2) is 0 Å². The maximum atomic E-state index is 14.6. The maximum Gasteiger partial charge on any atom is 0.240 e. The van der Waals surface area contributed by atoms with Crippen molar-refractivity contribution in [2.75, 3.05) is 13.2 Å². The normalized spacial score (nSPS) is 14.2. The van der Waals surface area contributed by atoms with Crippen LogP contribution in [0.5, 0.6) is 5.75 Å². The zero-order chi connectivity index (χ0) is 28.5. The average molecular weight is 542 g/mol. The van der Waals surface area contributed by atoms with Gasteiger partial charge in [-0.15, -0.1) is 0 Å². The summed E-state index contributed by atoms with van der Waals surface area (Å²) in [5.41, 5.74) is 13.9. The van der Waals surface area contributed by atoms with Gasteiger partial charge >= 0.3 is 0 Å². The van der Waals surface area contributed by atoms with E-state index in [1.54, 1.807) is 4.90 Å². The molecule has 4 rings (SSSR count). The summed E-state index contributed by atoms with van der Waals surface area (Å²) in [6, 6.07) is 25.6. The summed E-state index contributed by atoms with van der Waals surface area (Å²) in [5.74, 6) is -0.116. The van der Waals surface area contributed by atoms with Crippen molar-refractivity contribution in [3.05, 3.63) is 102 Å². The largest absolute Gasteiger partial charge is 0.493 e. The van der Waals surface area contributed by atoms with Gasteiger partial charge in [-0.2, -0.15) is 0 Å². The Morgan fingerprint density at radius 3 is 2.00 bits per heavy atom. The number of rotatable bonds is 14. The molecule has 2 atom stereocenters. The lowest BCUT2D eigenvalue weighted by Crippen LogP contribution is -2.51. The molecule has 0 aromatic heterocycles. The minimum atomic E-state index is -0.864. The van der Waals surface area contributed by atoms with Crippen LogP contribution in [0.3, 0.4) is 0 Å². The number of guanidine groups is 1. The fraction of sp³-hybridized carbons (Fsp3) is 0.344. The fourth-order valence-electron chi connectivity index (χ4n) is 4.97. The van der Waals surface area contributed by atoms with Crippen LogP contribution in [-0.4, -0.2) is 41.9 Å². The highest BCUT2D eigenvalue weighted by Crippen LogP contribution is 2.34. The highest BCUT2D eigenvalue weighted by Gasteiger charge is 2.37. The Bertz CT molecular complexity index is 1220. The number of benzene rings is 3. The molecule has 0 aliphatic heterocycles. The van der Waals surface area contributed by atoms with Crippen LogP contribution in [0.4, 0.5) is 0 Å². The van der Waals surface area contributed by atoms with E-state index >= 15 is 0 Å². The standard InChI is InChI=1S/C32H39N5O3/c1-22(24-16-18-27(19-17-24)40-21-23-14-15-23)37(28(30(33)38)13-8-20-36-32(34)35)31(39)29(25-9-4-2-5-10-25)26-11-6-3-7-12-26/h2-7,9-12,16-19,22-23,28-29H,8,13-15,20-21H2,1H3,(H2,33,38)(H4,34,35,36)/t22-,28-/m1/s1. The first kappa shape index (κ1) is 28.7.